The molecule has 6 nitrogen and oxygen atoms in total. The summed E-state index contributed by atoms with van der Waals surface area (Å²) in [7, 11) is 0. The first-order valence-electron chi connectivity index (χ1n) is 7.67. The molecule has 2 rings (SSSR count). The first-order valence-corrected chi connectivity index (χ1v) is 8.55. The number of aromatic nitrogens is 1. The van der Waals surface area contributed by atoms with Gasteiger partial charge in [0, 0.05) is 11.1 Å². The quantitative estimate of drug-likeness (QED) is 0.749. The number of anilines is 2. The molecule has 0 radical (unpaired) electrons. The predicted octanol–water partition coefficient (Wildman–Crippen LogP) is 2.94. The SMILES string of the molecule is CC(C)c1csc(NC(=O)[C@H](C)c2ccc(NC(=O)CO)cc2)n1. The van der Waals surface area contributed by atoms with Gasteiger partial charge in [0.2, 0.25) is 11.8 Å². The maximum Gasteiger partial charge on any atom is 0.250 e. The standard InChI is InChI=1S/C17H21N3O3S/c1-10(2)14-9-24-17(19-14)20-16(23)11(3)12-4-6-13(7-5-12)18-15(22)8-21/h4-7,9-11,21H,8H2,1-3H3,(H,18,22)(H,19,20,23)/t11-/m1/s1. The van der Waals surface area contributed by atoms with Crippen molar-refractivity contribution in [3.8, 4) is 0 Å². The molecule has 0 bridgehead atoms. The first kappa shape index (κ1) is 18.1. The van der Waals surface area contributed by atoms with Crippen molar-refractivity contribution in [3.05, 3.63) is 40.9 Å². The molecule has 3 N–H and O–H groups in total. The van der Waals surface area contributed by atoms with Crippen molar-refractivity contribution < 1.29 is 14.7 Å². The summed E-state index contributed by atoms with van der Waals surface area (Å²) in [6.45, 7) is 5.36. The summed E-state index contributed by atoms with van der Waals surface area (Å²) < 4.78 is 0. The number of amides is 2. The molecule has 0 unspecified atom stereocenters. The third kappa shape index (κ3) is 4.62. The molecule has 2 amide bonds. The van der Waals surface area contributed by atoms with E-state index < -0.39 is 12.5 Å². The summed E-state index contributed by atoms with van der Waals surface area (Å²) in [5.41, 5.74) is 2.37. The van der Waals surface area contributed by atoms with Gasteiger partial charge in [0.25, 0.3) is 0 Å². The molecule has 1 heterocycles. The highest BCUT2D eigenvalue weighted by Gasteiger charge is 2.17. The fraction of sp³-hybridized carbons (Fsp3) is 0.353. The smallest absolute Gasteiger partial charge is 0.250 e. The predicted molar refractivity (Wildman–Crippen MR) is 95.4 cm³/mol. The second-order valence-corrected chi connectivity index (χ2v) is 6.63. The number of nitrogens with one attached hydrogen (secondary N) is 2. The van der Waals surface area contributed by atoms with Crippen LogP contribution in [0.3, 0.4) is 0 Å². The van der Waals surface area contributed by atoms with Gasteiger partial charge in [-0.25, -0.2) is 4.98 Å². The number of thiazole rings is 1. The van der Waals surface area contributed by atoms with Gasteiger partial charge in [-0.3, -0.25) is 9.59 Å². The van der Waals surface area contributed by atoms with E-state index >= 15 is 0 Å². The molecule has 0 aliphatic carbocycles. The lowest BCUT2D eigenvalue weighted by Gasteiger charge is -2.12. The van der Waals surface area contributed by atoms with Crippen LogP contribution in [0.5, 0.6) is 0 Å². The number of aliphatic hydroxyl groups is 1. The van der Waals surface area contributed by atoms with Gasteiger partial charge in [0.05, 0.1) is 11.6 Å². The molecule has 2 aromatic rings. The van der Waals surface area contributed by atoms with Gasteiger partial charge in [0.15, 0.2) is 5.13 Å². The number of hydrogen-bond acceptors (Lipinski definition) is 5. The average molecular weight is 347 g/mol. The Morgan fingerprint density at radius 2 is 1.83 bits per heavy atom. The van der Waals surface area contributed by atoms with E-state index in [9.17, 15) is 9.59 Å². The third-order valence-electron chi connectivity index (χ3n) is 3.57. The van der Waals surface area contributed by atoms with Crippen molar-refractivity contribution in [1.82, 2.24) is 4.98 Å². The summed E-state index contributed by atoms with van der Waals surface area (Å²) in [6.07, 6.45) is 0. The topological polar surface area (TPSA) is 91.3 Å². The summed E-state index contributed by atoms with van der Waals surface area (Å²) in [5, 5.41) is 16.6. The van der Waals surface area contributed by atoms with Crippen LogP contribution in [-0.4, -0.2) is 28.5 Å². The fourth-order valence-electron chi connectivity index (χ4n) is 2.03. The van der Waals surface area contributed by atoms with E-state index in [-0.39, 0.29) is 11.8 Å². The van der Waals surface area contributed by atoms with Crippen molar-refractivity contribution in [3.63, 3.8) is 0 Å². The maximum atomic E-state index is 12.4. The van der Waals surface area contributed by atoms with Crippen molar-refractivity contribution in [2.24, 2.45) is 0 Å². The van der Waals surface area contributed by atoms with Gasteiger partial charge in [-0.15, -0.1) is 11.3 Å². The number of rotatable bonds is 6. The molecule has 128 valence electrons. The van der Waals surface area contributed by atoms with Crippen molar-refractivity contribution in [2.75, 3.05) is 17.2 Å². The minimum atomic E-state index is -0.563. The highest BCUT2D eigenvalue weighted by atomic mass is 32.1. The fourth-order valence-corrected chi connectivity index (χ4v) is 2.90. The molecule has 0 spiro atoms. The van der Waals surface area contributed by atoms with E-state index in [0.717, 1.165) is 11.3 Å². The molecule has 0 saturated carbocycles. The molecule has 1 aromatic carbocycles. The molecule has 7 heteroatoms. The number of carbonyl (C=O) groups excluding carboxylic acids is 2. The number of carbonyl (C=O) groups is 2. The van der Waals surface area contributed by atoms with Gasteiger partial charge in [-0.1, -0.05) is 26.0 Å². The van der Waals surface area contributed by atoms with E-state index in [4.69, 9.17) is 5.11 Å². The summed E-state index contributed by atoms with van der Waals surface area (Å²) in [4.78, 5) is 27.9. The Morgan fingerprint density at radius 1 is 1.17 bits per heavy atom. The lowest BCUT2D eigenvalue weighted by Crippen LogP contribution is -2.19. The van der Waals surface area contributed by atoms with Crippen LogP contribution in [-0.2, 0) is 9.59 Å². The highest BCUT2D eigenvalue weighted by Crippen LogP contribution is 2.24. The second kappa shape index (κ2) is 8.03. The maximum absolute atomic E-state index is 12.4. The van der Waals surface area contributed by atoms with E-state index in [0.29, 0.717) is 16.7 Å². The molecule has 1 aromatic heterocycles. The largest absolute Gasteiger partial charge is 0.387 e. The summed E-state index contributed by atoms with van der Waals surface area (Å²) in [6, 6.07) is 6.96. The monoisotopic (exact) mass is 347 g/mol. The van der Waals surface area contributed by atoms with E-state index in [1.807, 2.05) is 12.3 Å². The Kier molecular flexibility index (Phi) is 6.05. The minimum absolute atomic E-state index is 0.133. The van der Waals surface area contributed by atoms with Gasteiger partial charge >= 0.3 is 0 Å². The molecule has 24 heavy (non-hydrogen) atoms. The molecular formula is C17H21N3O3S. The zero-order valence-electron chi connectivity index (χ0n) is 13.9. The molecular weight excluding hydrogens is 326 g/mol. The van der Waals surface area contributed by atoms with Gasteiger partial charge in [-0.2, -0.15) is 0 Å². The van der Waals surface area contributed by atoms with Crippen LogP contribution in [0.1, 0.15) is 43.9 Å². The number of nitrogens with zero attached hydrogens (tertiary/aromatic N) is 1. The van der Waals surface area contributed by atoms with Crippen molar-refractivity contribution in [2.45, 2.75) is 32.6 Å². The molecule has 0 aliphatic rings. The lowest BCUT2D eigenvalue weighted by atomic mass is 10.0. The second-order valence-electron chi connectivity index (χ2n) is 5.77. The van der Waals surface area contributed by atoms with Crippen molar-refractivity contribution >= 4 is 34.0 Å². The van der Waals surface area contributed by atoms with Crippen LogP contribution in [0.15, 0.2) is 29.6 Å². The zero-order valence-corrected chi connectivity index (χ0v) is 14.7. The van der Waals surface area contributed by atoms with Crippen LogP contribution < -0.4 is 10.6 Å². The Morgan fingerprint density at radius 3 is 2.38 bits per heavy atom. The molecule has 0 saturated heterocycles. The highest BCUT2D eigenvalue weighted by molar-refractivity contribution is 7.13. The molecule has 0 fully saturated rings. The normalized spacial score (nSPS) is 12.0. The Balaban J connectivity index is 2.00. The third-order valence-corrected chi connectivity index (χ3v) is 4.35. The Hall–Kier alpha value is -2.25. The van der Waals surface area contributed by atoms with Crippen LogP contribution in [0.2, 0.25) is 0 Å². The number of hydrogen-bond donors (Lipinski definition) is 3. The van der Waals surface area contributed by atoms with Crippen LogP contribution >= 0.6 is 11.3 Å². The lowest BCUT2D eigenvalue weighted by molar-refractivity contribution is -0.119. The number of benzene rings is 1. The average Bonchev–Trinajstić information content (AvgIpc) is 3.03. The number of aliphatic hydroxyl groups excluding tert-OH is 1. The van der Waals surface area contributed by atoms with Gasteiger partial charge < -0.3 is 15.7 Å². The van der Waals surface area contributed by atoms with E-state index in [1.54, 1.807) is 24.3 Å². The first-order chi connectivity index (χ1) is 11.4. The van der Waals surface area contributed by atoms with Crippen LogP contribution in [0.25, 0.3) is 0 Å². The van der Waals surface area contributed by atoms with Crippen LogP contribution in [0, 0.1) is 0 Å². The molecule has 1 atom stereocenters. The van der Waals surface area contributed by atoms with Gasteiger partial charge in [-0.05, 0) is 30.5 Å². The minimum Gasteiger partial charge on any atom is -0.387 e. The summed E-state index contributed by atoms with van der Waals surface area (Å²) >= 11 is 1.42. The Bertz CT molecular complexity index is 710. The molecule has 0 aliphatic heterocycles. The van der Waals surface area contributed by atoms with Gasteiger partial charge in [0.1, 0.15) is 6.61 Å². The van der Waals surface area contributed by atoms with Crippen molar-refractivity contribution in [1.29, 1.82) is 0 Å². The Labute approximate surface area is 144 Å². The van der Waals surface area contributed by atoms with Crippen LogP contribution in [0.4, 0.5) is 10.8 Å². The zero-order chi connectivity index (χ0) is 17.7. The van der Waals surface area contributed by atoms with E-state index in [1.165, 1.54) is 11.3 Å². The van der Waals surface area contributed by atoms with E-state index in [2.05, 4.69) is 29.5 Å². The summed E-state index contributed by atoms with van der Waals surface area (Å²) in [5.74, 6) is -0.630.